The Hall–Kier alpha value is -1.00. The minimum atomic E-state index is -1.23. The van der Waals surface area contributed by atoms with Crippen molar-refractivity contribution in [3.63, 3.8) is 0 Å². The zero-order valence-electron chi connectivity index (χ0n) is 11.1. The van der Waals surface area contributed by atoms with Gasteiger partial charge >= 0.3 is 0 Å². The summed E-state index contributed by atoms with van der Waals surface area (Å²) >= 11 is 0. The van der Waals surface area contributed by atoms with Gasteiger partial charge in [-0.2, -0.15) is 0 Å². The van der Waals surface area contributed by atoms with E-state index in [4.69, 9.17) is 0 Å². The summed E-state index contributed by atoms with van der Waals surface area (Å²) in [6, 6.07) is 1.44. The molecule has 100 valence electrons. The van der Waals surface area contributed by atoms with Crippen LogP contribution in [0.2, 0.25) is 0 Å². The van der Waals surface area contributed by atoms with E-state index in [1.165, 1.54) is 6.07 Å². The SMILES string of the molecule is CC(C)c1cnc(C2(O)CC(C)(CO)C2)c(F)c1. The van der Waals surface area contributed by atoms with Crippen molar-refractivity contribution in [2.24, 2.45) is 5.41 Å². The minimum absolute atomic E-state index is 0.000999. The quantitative estimate of drug-likeness (QED) is 0.869. The van der Waals surface area contributed by atoms with Gasteiger partial charge in [0, 0.05) is 12.8 Å². The molecule has 0 saturated heterocycles. The van der Waals surface area contributed by atoms with Crippen molar-refractivity contribution in [1.29, 1.82) is 0 Å². The molecule has 2 N–H and O–H groups in total. The fraction of sp³-hybridized carbons (Fsp3) is 0.643. The first-order valence-electron chi connectivity index (χ1n) is 6.29. The third-order valence-corrected chi connectivity index (χ3v) is 3.79. The molecule has 2 rings (SSSR count). The van der Waals surface area contributed by atoms with Crippen molar-refractivity contribution >= 4 is 0 Å². The maximum absolute atomic E-state index is 14.0. The molecule has 0 amide bonds. The molecule has 1 aromatic heterocycles. The maximum atomic E-state index is 14.0. The molecule has 0 aliphatic heterocycles. The van der Waals surface area contributed by atoms with E-state index < -0.39 is 11.4 Å². The number of rotatable bonds is 3. The smallest absolute Gasteiger partial charge is 0.147 e. The predicted molar refractivity (Wildman–Crippen MR) is 66.6 cm³/mol. The topological polar surface area (TPSA) is 53.4 Å². The molecule has 0 radical (unpaired) electrons. The molecule has 0 spiro atoms. The lowest BCUT2D eigenvalue weighted by Gasteiger charge is -2.50. The second-order valence-electron chi connectivity index (χ2n) is 6.11. The third kappa shape index (κ3) is 2.15. The highest BCUT2D eigenvalue weighted by molar-refractivity contribution is 5.26. The van der Waals surface area contributed by atoms with Gasteiger partial charge in [-0.15, -0.1) is 0 Å². The lowest BCUT2D eigenvalue weighted by molar-refractivity contribution is -0.148. The summed E-state index contributed by atoms with van der Waals surface area (Å²) < 4.78 is 14.0. The summed E-state index contributed by atoms with van der Waals surface area (Å²) in [5, 5.41) is 19.5. The molecular weight excluding hydrogens is 233 g/mol. The van der Waals surface area contributed by atoms with Crippen LogP contribution in [0.1, 0.15) is 50.8 Å². The zero-order valence-corrected chi connectivity index (χ0v) is 11.1. The molecule has 1 aromatic rings. The number of pyridine rings is 1. The molecule has 1 aliphatic rings. The standard InChI is InChI=1S/C14H20FNO2/c1-9(2)10-4-11(15)12(16-5-10)14(18)6-13(3,7-14)8-17/h4-5,9,17-18H,6-8H2,1-3H3. The van der Waals surface area contributed by atoms with Crippen LogP contribution in [0.4, 0.5) is 4.39 Å². The molecule has 1 aliphatic carbocycles. The molecule has 3 nitrogen and oxygen atoms in total. The van der Waals surface area contributed by atoms with E-state index in [0.29, 0.717) is 12.8 Å². The number of hydrogen-bond donors (Lipinski definition) is 2. The maximum Gasteiger partial charge on any atom is 0.147 e. The summed E-state index contributed by atoms with van der Waals surface area (Å²) in [6.07, 6.45) is 2.32. The van der Waals surface area contributed by atoms with Gasteiger partial charge in [-0.1, -0.05) is 20.8 Å². The minimum Gasteiger partial charge on any atom is -0.396 e. The molecule has 4 heteroatoms. The summed E-state index contributed by atoms with van der Waals surface area (Å²) in [7, 11) is 0. The average molecular weight is 253 g/mol. The van der Waals surface area contributed by atoms with Crippen LogP contribution in [0.3, 0.4) is 0 Å². The van der Waals surface area contributed by atoms with Gasteiger partial charge in [0.1, 0.15) is 17.1 Å². The van der Waals surface area contributed by atoms with Crippen molar-refractivity contribution in [3.05, 3.63) is 29.3 Å². The number of nitrogens with zero attached hydrogens (tertiary/aromatic N) is 1. The Labute approximate surface area is 107 Å². The van der Waals surface area contributed by atoms with Crippen LogP contribution in [-0.2, 0) is 5.60 Å². The Bertz CT molecular complexity index is 453. The third-order valence-electron chi connectivity index (χ3n) is 3.79. The molecule has 0 bridgehead atoms. The van der Waals surface area contributed by atoms with E-state index in [0.717, 1.165) is 5.56 Å². The Morgan fingerprint density at radius 2 is 2.06 bits per heavy atom. The zero-order chi connectivity index (χ0) is 13.6. The van der Waals surface area contributed by atoms with E-state index in [2.05, 4.69) is 4.98 Å². The number of aromatic nitrogens is 1. The highest BCUT2D eigenvalue weighted by atomic mass is 19.1. The van der Waals surface area contributed by atoms with Crippen LogP contribution in [0, 0.1) is 11.2 Å². The van der Waals surface area contributed by atoms with Crippen molar-refractivity contribution in [2.75, 3.05) is 6.61 Å². The molecule has 0 aromatic carbocycles. The van der Waals surface area contributed by atoms with Crippen molar-refractivity contribution in [2.45, 2.75) is 45.1 Å². The first kappa shape index (κ1) is 13.4. The Morgan fingerprint density at radius 1 is 1.44 bits per heavy atom. The van der Waals surface area contributed by atoms with Gasteiger partial charge in [-0.25, -0.2) is 4.39 Å². The first-order chi connectivity index (χ1) is 8.30. The highest BCUT2D eigenvalue weighted by Gasteiger charge is 2.53. The van der Waals surface area contributed by atoms with Crippen LogP contribution in [0.5, 0.6) is 0 Å². The molecule has 0 atom stereocenters. The van der Waals surface area contributed by atoms with Crippen LogP contribution >= 0.6 is 0 Å². The predicted octanol–water partition coefficient (Wildman–Crippen LogP) is 2.32. The van der Waals surface area contributed by atoms with E-state index in [9.17, 15) is 14.6 Å². The Morgan fingerprint density at radius 3 is 2.50 bits per heavy atom. The number of aliphatic hydroxyl groups is 2. The molecule has 1 heterocycles. The van der Waals surface area contributed by atoms with Gasteiger partial charge in [0.15, 0.2) is 0 Å². The lowest BCUT2D eigenvalue weighted by Crippen LogP contribution is -2.50. The summed E-state index contributed by atoms with van der Waals surface area (Å²) in [6.45, 7) is 5.82. The van der Waals surface area contributed by atoms with Gasteiger partial charge in [0.25, 0.3) is 0 Å². The summed E-state index contributed by atoms with van der Waals surface area (Å²) in [5.41, 5.74) is -0.613. The summed E-state index contributed by atoms with van der Waals surface area (Å²) in [4.78, 5) is 4.09. The van der Waals surface area contributed by atoms with Crippen LogP contribution < -0.4 is 0 Å². The van der Waals surface area contributed by atoms with Gasteiger partial charge < -0.3 is 10.2 Å². The summed E-state index contributed by atoms with van der Waals surface area (Å²) in [5.74, 6) is -0.247. The molecule has 18 heavy (non-hydrogen) atoms. The fourth-order valence-electron chi connectivity index (χ4n) is 2.75. The fourth-order valence-corrected chi connectivity index (χ4v) is 2.75. The van der Waals surface area contributed by atoms with E-state index >= 15 is 0 Å². The number of hydrogen-bond acceptors (Lipinski definition) is 3. The highest BCUT2D eigenvalue weighted by Crippen LogP contribution is 2.53. The van der Waals surface area contributed by atoms with Gasteiger partial charge in [-0.3, -0.25) is 4.98 Å². The molecule has 1 fully saturated rings. The van der Waals surface area contributed by atoms with E-state index in [-0.39, 0.29) is 23.6 Å². The van der Waals surface area contributed by atoms with E-state index in [1.807, 2.05) is 20.8 Å². The number of aliphatic hydroxyl groups excluding tert-OH is 1. The lowest BCUT2D eigenvalue weighted by atomic mass is 9.59. The first-order valence-corrected chi connectivity index (χ1v) is 6.29. The molecule has 0 unspecified atom stereocenters. The van der Waals surface area contributed by atoms with Crippen LogP contribution in [-0.4, -0.2) is 21.8 Å². The Kier molecular flexibility index (Phi) is 3.19. The number of halogens is 1. The second kappa shape index (κ2) is 4.28. The normalized spacial score (nSPS) is 31.5. The average Bonchev–Trinajstić information content (AvgIpc) is 2.26. The largest absolute Gasteiger partial charge is 0.396 e. The van der Waals surface area contributed by atoms with Gasteiger partial charge in [0.2, 0.25) is 0 Å². The van der Waals surface area contributed by atoms with Crippen molar-refractivity contribution < 1.29 is 14.6 Å². The van der Waals surface area contributed by atoms with Crippen molar-refractivity contribution in [1.82, 2.24) is 4.98 Å². The molecular formula is C14H20FNO2. The Balaban J connectivity index is 2.26. The molecule has 1 saturated carbocycles. The van der Waals surface area contributed by atoms with Crippen molar-refractivity contribution in [3.8, 4) is 0 Å². The van der Waals surface area contributed by atoms with Crippen LogP contribution in [0.15, 0.2) is 12.3 Å². The van der Waals surface area contributed by atoms with Gasteiger partial charge in [-0.05, 0) is 35.8 Å². The second-order valence-corrected chi connectivity index (χ2v) is 6.11. The monoisotopic (exact) mass is 253 g/mol. The van der Waals surface area contributed by atoms with Gasteiger partial charge in [0.05, 0.1) is 0 Å². The van der Waals surface area contributed by atoms with E-state index in [1.54, 1.807) is 6.20 Å². The van der Waals surface area contributed by atoms with Crippen LogP contribution in [0.25, 0.3) is 0 Å².